The van der Waals surface area contributed by atoms with Crippen LogP contribution < -0.4 is 5.32 Å². The number of likely N-dealkylation sites (N-methyl/N-ethyl adjacent to an activating group) is 1. The third-order valence-corrected chi connectivity index (χ3v) is 3.51. The molecule has 16 heavy (non-hydrogen) atoms. The minimum atomic E-state index is 0.240. The molecule has 1 N–H and O–H groups in total. The van der Waals surface area contributed by atoms with Crippen molar-refractivity contribution >= 4 is 0 Å². The van der Waals surface area contributed by atoms with Gasteiger partial charge in [0.1, 0.15) is 0 Å². The van der Waals surface area contributed by atoms with E-state index in [1.165, 1.54) is 30.7 Å². The molecule has 3 nitrogen and oxygen atoms in total. The van der Waals surface area contributed by atoms with Crippen molar-refractivity contribution in [2.45, 2.75) is 44.9 Å². The van der Waals surface area contributed by atoms with Gasteiger partial charge in [0, 0.05) is 26.3 Å². The first-order chi connectivity index (χ1) is 7.76. The Hall–Kier alpha value is -0.960. The zero-order chi connectivity index (χ0) is 11.5. The van der Waals surface area contributed by atoms with E-state index >= 15 is 0 Å². The number of hydrogen-bond donors (Lipinski definition) is 1. The minimum absolute atomic E-state index is 0.240. The van der Waals surface area contributed by atoms with Crippen molar-refractivity contribution < 1.29 is 4.74 Å². The van der Waals surface area contributed by atoms with Gasteiger partial charge in [0.2, 0.25) is 0 Å². The molecule has 0 saturated heterocycles. The van der Waals surface area contributed by atoms with Crippen LogP contribution in [0.25, 0.3) is 0 Å². The molecule has 0 fully saturated rings. The average Bonchev–Trinajstić information content (AvgIpc) is 2.63. The van der Waals surface area contributed by atoms with E-state index in [1.807, 2.05) is 0 Å². The standard InChI is InChI=1S/C13H22N2O/c1-4-5-6-13-14-11-9-10(16-3)7-8-12(11)15(13)2/h7-8,10,13-14H,4-6,9H2,1-3H3. The molecule has 0 saturated carbocycles. The van der Waals surface area contributed by atoms with Gasteiger partial charge in [0.25, 0.3) is 0 Å². The van der Waals surface area contributed by atoms with Crippen molar-refractivity contribution in [2.24, 2.45) is 0 Å². The summed E-state index contributed by atoms with van der Waals surface area (Å²) in [7, 11) is 3.95. The number of unbranched alkanes of at least 4 members (excludes halogenated alkanes) is 1. The van der Waals surface area contributed by atoms with E-state index in [2.05, 4.69) is 36.3 Å². The minimum Gasteiger partial charge on any atom is -0.377 e. The highest BCUT2D eigenvalue weighted by Gasteiger charge is 2.29. The summed E-state index contributed by atoms with van der Waals surface area (Å²) >= 11 is 0. The fourth-order valence-electron chi connectivity index (χ4n) is 2.43. The summed E-state index contributed by atoms with van der Waals surface area (Å²) < 4.78 is 5.37. The highest BCUT2D eigenvalue weighted by molar-refractivity contribution is 5.33. The maximum atomic E-state index is 5.37. The lowest BCUT2D eigenvalue weighted by atomic mass is 10.1. The fourth-order valence-corrected chi connectivity index (χ4v) is 2.43. The van der Waals surface area contributed by atoms with Gasteiger partial charge in [-0.25, -0.2) is 0 Å². The summed E-state index contributed by atoms with van der Waals surface area (Å²) in [6.45, 7) is 2.24. The molecule has 0 aromatic rings. The van der Waals surface area contributed by atoms with Gasteiger partial charge >= 0.3 is 0 Å². The molecule has 2 atom stereocenters. The van der Waals surface area contributed by atoms with E-state index < -0.39 is 0 Å². The number of nitrogens with one attached hydrogen (secondary N) is 1. The number of methoxy groups -OCH3 is 1. The molecule has 0 spiro atoms. The van der Waals surface area contributed by atoms with Gasteiger partial charge in [-0.3, -0.25) is 0 Å². The number of hydrogen-bond acceptors (Lipinski definition) is 3. The summed E-state index contributed by atoms with van der Waals surface area (Å²) in [5.41, 5.74) is 2.69. The van der Waals surface area contributed by atoms with Crippen LogP contribution in [0.4, 0.5) is 0 Å². The lowest BCUT2D eigenvalue weighted by Crippen LogP contribution is -2.34. The first-order valence-corrected chi connectivity index (χ1v) is 6.19. The van der Waals surface area contributed by atoms with Gasteiger partial charge in [-0.15, -0.1) is 0 Å². The fraction of sp³-hybridized carbons (Fsp3) is 0.692. The first kappa shape index (κ1) is 11.5. The topological polar surface area (TPSA) is 24.5 Å². The highest BCUT2D eigenvalue weighted by Crippen LogP contribution is 2.29. The smallest absolute Gasteiger partial charge is 0.0985 e. The maximum absolute atomic E-state index is 5.37. The molecule has 0 amide bonds. The molecule has 0 radical (unpaired) electrons. The molecule has 90 valence electrons. The van der Waals surface area contributed by atoms with E-state index in [-0.39, 0.29) is 6.10 Å². The summed E-state index contributed by atoms with van der Waals surface area (Å²) in [5, 5.41) is 3.62. The van der Waals surface area contributed by atoms with Gasteiger partial charge in [-0.05, 0) is 18.9 Å². The van der Waals surface area contributed by atoms with Crippen molar-refractivity contribution in [1.82, 2.24) is 10.2 Å². The maximum Gasteiger partial charge on any atom is 0.0985 e. The van der Waals surface area contributed by atoms with Crippen molar-refractivity contribution in [3.05, 3.63) is 23.5 Å². The Labute approximate surface area is 98.2 Å². The van der Waals surface area contributed by atoms with Crippen LogP contribution in [0, 0.1) is 0 Å². The van der Waals surface area contributed by atoms with Gasteiger partial charge in [-0.2, -0.15) is 0 Å². The number of allylic oxidation sites excluding steroid dienone is 1. The van der Waals surface area contributed by atoms with Crippen molar-refractivity contribution in [2.75, 3.05) is 14.2 Å². The molecular formula is C13H22N2O. The summed E-state index contributed by atoms with van der Waals surface area (Å²) in [4.78, 5) is 2.35. The average molecular weight is 222 g/mol. The van der Waals surface area contributed by atoms with E-state index in [4.69, 9.17) is 4.74 Å². The van der Waals surface area contributed by atoms with E-state index in [0.717, 1.165) is 6.42 Å². The Morgan fingerprint density at radius 1 is 1.56 bits per heavy atom. The second-order valence-corrected chi connectivity index (χ2v) is 4.61. The second kappa shape index (κ2) is 4.91. The third kappa shape index (κ3) is 2.09. The Morgan fingerprint density at radius 3 is 3.06 bits per heavy atom. The molecule has 0 aromatic heterocycles. The van der Waals surface area contributed by atoms with Gasteiger partial charge < -0.3 is 15.0 Å². The van der Waals surface area contributed by atoms with Gasteiger partial charge in [0.05, 0.1) is 18.0 Å². The molecule has 0 bridgehead atoms. The SMILES string of the molecule is CCCCC1NC2=C(C=CC(OC)C2)N1C. The Bertz CT molecular complexity index is 309. The molecule has 0 aromatic carbocycles. The van der Waals surface area contributed by atoms with Gasteiger partial charge in [-0.1, -0.05) is 19.4 Å². The van der Waals surface area contributed by atoms with Crippen LogP contribution in [0.2, 0.25) is 0 Å². The molecule has 1 heterocycles. The summed E-state index contributed by atoms with van der Waals surface area (Å²) in [6, 6.07) is 0. The van der Waals surface area contributed by atoms with Crippen LogP contribution in [0.5, 0.6) is 0 Å². The van der Waals surface area contributed by atoms with E-state index in [9.17, 15) is 0 Å². The normalized spacial score (nSPS) is 28.3. The van der Waals surface area contributed by atoms with Crippen LogP contribution >= 0.6 is 0 Å². The molecule has 2 aliphatic rings. The van der Waals surface area contributed by atoms with Crippen molar-refractivity contribution in [1.29, 1.82) is 0 Å². The van der Waals surface area contributed by atoms with Crippen LogP contribution in [0.1, 0.15) is 32.6 Å². The number of ether oxygens (including phenoxy) is 1. The van der Waals surface area contributed by atoms with E-state index in [0.29, 0.717) is 6.17 Å². The zero-order valence-electron chi connectivity index (χ0n) is 10.5. The van der Waals surface area contributed by atoms with Crippen molar-refractivity contribution in [3.8, 4) is 0 Å². The molecular weight excluding hydrogens is 200 g/mol. The van der Waals surface area contributed by atoms with Crippen LogP contribution in [-0.2, 0) is 4.74 Å². The van der Waals surface area contributed by atoms with Crippen LogP contribution in [0.15, 0.2) is 23.5 Å². The van der Waals surface area contributed by atoms with Crippen molar-refractivity contribution in [3.63, 3.8) is 0 Å². The number of nitrogens with zero attached hydrogens (tertiary/aromatic N) is 1. The molecule has 2 unspecified atom stereocenters. The predicted molar refractivity (Wildman–Crippen MR) is 65.8 cm³/mol. The summed E-state index contributed by atoms with van der Waals surface area (Å²) in [6.07, 6.45) is 9.79. The highest BCUT2D eigenvalue weighted by atomic mass is 16.5. The zero-order valence-corrected chi connectivity index (χ0v) is 10.5. The largest absolute Gasteiger partial charge is 0.377 e. The summed E-state index contributed by atoms with van der Waals surface area (Å²) in [5.74, 6) is 0. The Kier molecular flexibility index (Phi) is 3.54. The van der Waals surface area contributed by atoms with Crippen LogP contribution in [0.3, 0.4) is 0 Å². The second-order valence-electron chi connectivity index (χ2n) is 4.61. The monoisotopic (exact) mass is 222 g/mol. The predicted octanol–water partition coefficient (Wildman–Crippen LogP) is 2.22. The van der Waals surface area contributed by atoms with Gasteiger partial charge in [0.15, 0.2) is 0 Å². The molecule has 2 rings (SSSR count). The first-order valence-electron chi connectivity index (χ1n) is 6.19. The lowest BCUT2D eigenvalue weighted by Gasteiger charge is -2.23. The Morgan fingerprint density at radius 2 is 2.38 bits per heavy atom. The molecule has 3 heteroatoms. The third-order valence-electron chi connectivity index (χ3n) is 3.51. The Balaban J connectivity index is 1.99. The molecule has 1 aliphatic heterocycles. The lowest BCUT2D eigenvalue weighted by molar-refractivity contribution is 0.138. The number of rotatable bonds is 4. The quantitative estimate of drug-likeness (QED) is 0.789. The van der Waals surface area contributed by atoms with E-state index in [1.54, 1.807) is 7.11 Å². The molecule has 1 aliphatic carbocycles. The van der Waals surface area contributed by atoms with Crippen LogP contribution in [-0.4, -0.2) is 31.3 Å².